The Kier molecular flexibility index (Phi) is 3.14. The van der Waals surface area contributed by atoms with Crippen molar-refractivity contribution in [2.24, 2.45) is 0 Å². The smallest absolute Gasteiger partial charge is 0.322 e. The van der Waals surface area contributed by atoms with Crippen molar-refractivity contribution in [3.63, 3.8) is 0 Å². The van der Waals surface area contributed by atoms with E-state index >= 15 is 0 Å². The summed E-state index contributed by atoms with van der Waals surface area (Å²) in [7, 11) is 0. The fraction of sp³-hybridized carbons (Fsp3) is 0.154. The lowest BCUT2D eigenvalue weighted by atomic mass is 10.2. The van der Waals surface area contributed by atoms with E-state index in [1.54, 1.807) is 24.3 Å². The number of hydrogen-bond acceptors (Lipinski definition) is 4. The van der Waals surface area contributed by atoms with Crippen LogP contribution in [0.4, 0.5) is 0 Å². The van der Waals surface area contributed by atoms with E-state index in [1.165, 1.54) is 0 Å². The fourth-order valence-electron chi connectivity index (χ4n) is 1.51. The van der Waals surface area contributed by atoms with E-state index < -0.39 is 0 Å². The number of aromatic nitrogens is 2. The summed E-state index contributed by atoms with van der Waals surface area (Å²) in [5, 5.41) is 0. The molecule has 0 saturated heterocycles. The molecule has 4 nitrogen and oxygen atoms in total. The summed E-state index contributed by atoms with van der Waals surface area (Å²) in [5.41, 5.74) is 2.14. The Bertz CT molecular complexity index is 533. The van der Waals surface area contributed by atoms with E-state index in [0.29, 0.717) is 11.3 Å². The van der Waals surface area contributed by atoms with Crippen LogP contribution in [-0.2, 0) is 0 Å². The van der Waals surface area contributed by atoms with E-state index in [9.17, 15) is 4.79 Å². The molecule has 0 saturated carbocycles. The van der Waals surface area contributed by atoms with Crippen LogP contribution >= 0.6 is 0 Å². The first kappa shape index (κ1) is 11.3. The number of hydrogen-bond donors (Lipinski definition) is 0. The largest absolute Gasteiger partial charge is 0.424 e. The Morgan fingerprint density at radius 2 is 1.76 bits per heavy atom. The molecule has 0 amide bonds. The Morgan fingerprint density at radius 3 is 2.41 bits per heavy atom. The van der Waals surface area contributed by atoms with Crippen LogP contribution in [0.25, 0.3) is 0 Å². The molecule has 0 atom stereocenters. The molecule has 86 valence electrons. The Labute approximate surface area is 99.3 Å². The fourth-order valence-corrected chi connectivity index (χ4v) is 1.51. The first-order valence-corrected chi connectivity index (χ1v) is 5.23. The van der Waals surface area contributed by atoms with Crippen molar-refractivity contribution in [2.45, 2.75) is 13.8 Å². The molecule has 0 aliphatic rings. The molecule has 4 heteroatoms. The lowest BCUT2D eigenvalue weighted by Crippen LogP contribution is -1.97. The second-order valence-corrected chi connectivity index (χ2v) is 3.69. The zero-order valence-electron chi connectivity index (χ0n) is 9.68. The molecule has 0 N–H and O–H groups in total. The van der Waals surface area contributed by atoms with Gasteiger partial charge in [0.2, 0.25) is 0 Å². The first-order chi connectivity index (χ1) is 8.19. The third kappa shape index (κ3) is 2.66. The lowest BCUT2D eigenvalue weighted by Gasteiger charge is -2.06. The molecule has 0 bridgehead atoms. The quantitative estimate of drug-likeness (QED) is 0.758. The second-order valence-electron chi connectivity index (χ2n) is 3.69. The molecule has 1 aromatic carbocycles. The summed E-state index contributed by atoms with van der Waals surface area (Å²) in [6, 6.07) is 9.09. The standard InChI is InChI=1S/C13H12N2O2/c1-9-7-10(2)15-13(14-9)17-12-6-4-3-5-11(12)8-16/h3-8H,1-2H3. The topological polar surface area (TPSA) is 52.1 Å². The highest BCUT2D eigenvalue weighted by atomic mass is 16.5. The number of aryl methyl sites for hydroxylation is 2. The summed E-state index contributed by atoms with van der Waals surface area (Å²) in [4.78, 5) is 19.1. The summed E-state index contributed by atoms with van der Waals surface area (Å²) in [5.74, 6) is 0.465. The van der Waals surface area contributed by atoms with Gasteiger partial charge in [0.05, 0.1) is 5.56 Å². The molecule has 17 heavy (non-hydrogen) atoms. The van der Waals surface area contributed by atoms with E-state index in [4.69, 9.17) is 4.74 Å². The number of benzene rings is 1. The highest BCUT2D eigenvalue weighted by molar-refractivity contribution is 5.79. The Morgan fingerprint density at radius 1 is 1.12 bits per heavy atom. The minimum Gasteiger partial charge on any atom is -0.424 e. The number of para-hydroxylation sites is 1. The van der Waals surface area contributed by atoms with Gasteiger partial charge in [-0.25, -0.2) is 9.97 Å². The average Bonchev–Trinajstić information content (AvgIpc) is 2.28. The van der Waals surface area contributed by atoms with Gasteiger partial charge < -0.3 is 4.74 Å². The maximum atomic E-state index is 10.8. The number of carbonyl (C=O) groups is 1. The third-order valence-electron chi connectivity index (χ3n) is 2.21. The highest BCUT2D eigenvalue weighted by Gasteiger charge is 2.06. The summed E-state index contributed by atoms with van der Waals surface area (Å²) in [6.45, 7) is 3.74. The molecule has 2 rings (SSSR count). The van der Waals surface area contributed by atoms with Crippen LogP contribution in [0.5, 0.6) is 11.8 Å². The van der Waals surface area contributed by atoms with Gasteiger partial charge in [0.1, 0.15) is 5.75 Å². The number of carbonyl (C=O) groups excluding carboxylic acids is 1. The maximum absolute atomic E-state index is 10.8. The first-order valence-electron chi connectivity index (χ1n) is 5.23. The van der Waals surface area contributed by atoms with Crippen molar-refractivity contribution in [3.8, 4) is 11.8 Å². The molecular formula is C13H12N2O2. The Hall–Kier alpha value is -2.23. The van der Waals surface area contributed by atoms with Crippen LogP contribution in [0.3, 0.4) is 0 Å². The van der Waals surface area contributed by atoms with Crippen molar-refractivity contribution in [3.05, 3.63) is 47.3 Å². The van der Waals surface area contributed by atoms with Crippen molar-refractivity contribution in [2.75, 3.05) is 0 Å². The van der Waals surface area contributed by atoms with E-state index in [-0.39, 0.29) is 6.01 Å². The monoisotopic (exact) mass is 228 g/mol. The van der Waals surface area contributed by atoms with Crippen molar-refractivity contribution in [1.29, 1.82) is 0 Å². The minimum absolute atomic E-state index is 0.261. The third-order valence-corrected chi connectivity index (χ3v) is 2.21. The van der Waals surface area contributed by atoms with Gasteiger partial charge in [-0.3, -0.25) is 4.79 Å². The predicted molar refractivity (Wildman–Crippen MR) is 63.4 cm³/mol. The molecule has 0 spiro atoms. The molecule has 0 unspecified atom stereocenters. The van der Waals surface area contributed by atoms with Crippen LogP contribution in [0, 0.1) is 13.8 Å². The van der Waals surface area contributed by atoms with E-state index in [0.717, 1.165) is 17.7 Å². The number of aldehydes is 1. The second kappa shape index (κ2) is 4.74. The van der Waals surface area contributed by atoms with Gasteiger partial charge in [-0.05, 0) is 32.0 Å². The molecular weight excluding hydrogens is 216 g/mol. The van der Waals surface area contributed by atoms with Gasteiger partial charge >= 0.3 is 6.01 Å². The SMILES string of the molecule is Cc1cc(C)nc(Oc2ccccc2C=O)n1. The summed E-state index contributed by atoms with van der Waals surface area (Å²) >= 11 is 0. The van der Waals surface area contributed by atoms with E-state index in [2.05, 4.69) is 9.97 Å². The van der Waals surface area contributed by atoms with Crippen molar-refractivity contribution in [1.82, 2.24) is 9.97 Å². The predicted octanol–water partition coefficient (Wildman–Crippen LogP) is 2.70. The zero-order valence-corrected chi connectivity index (χ0v) is 9.68. The van der Waals surface area contributed by atoms with Gasteiger partial charge in [-0.15, -0.1) is 0 Å². The minimum atomic E-state index is 0.261. The highest BCUT2D eigenvalue weighted by Crippen LogP contribution is 2.21. The molecule has 1 heterocycles. The van der Waals surface area contributed by atoms with Gasteiger partial charge in [0.25, 0.3) is 0 Å². The normalized spacial score (nSPS) is 10.0. The summed E-state index contributed by atoms with van der Waals surface area (Å²) in [6.07, 6.45) is 0.748. The number of nitrogens with zero attached hydrogens (tertiary/aromatic N) is 2. The van der Waals surface area contributed by atoms with Gasteiger partial charge in [0.15, 0.2) is 6.29 Å². The molecule has 2 aromatic rings. The molecule has 0 aliphatic carbocycles. The molecule has 0 radical (unpaired) electrons. The van der Waals surface area contributed by atoms with E-state index in [1.807, 2.05) is 19.9 Å². The molecule has 0 aliphatic heterocycles. The molecule has 0 fully saturated rings. The number of ether oxygens (including phenoxy) is 1. The van der Waals surface area contributed by atoms with Crippen LogP contribution in [0.15, 0.2) is 30.3 Å². The average molecular weight is 228 g/mol. The summed E-state index contributed by atoms with van der Waals surface area (Å²) < 4.78 is 5.51. The van der Waals surface area contributed by atoms with Gasteiger partial charge in [-0.1, -0.05) is 12.1 Å². The van der Waals surface area contributed by atoms with Crippen LogP contribution < -0.4 is 4.74 Å². The molecule has 1 aromatic heterocycles. The number of rotatable bonds is 3. The van der Waals surface area contributed by atoms with Gasteiger partial charge in [0, 0.05) is 11.4 Å². The van der Waals surface area contributed by atoms with Crippen molar-refractivity contribution < 1.29 is 9.53 Å². The lowest BCUT2D eigenvalue weighted by molar-refractivity contribution is 0.112. The maximum Gasteiger partial charge on any atom is 0.322 e. The Balaban J connectivity index is 2.34. The van der Waals surface area contributed by atoms with Crippen LogP contribution in [0.2, 0.25) is 0 Å². The zero-order chi connectivity index (χ0) is 12.3. The van der Waals surface area contributed by atoms with Crippen LogP contribution in [-0.4, -0.2) is 16.3 Å². The van der Waals surface area contributed by atoms with Crippen LogP contribution in [0.1, 0.15) is 21.7 Å². The van der Waals surface area contributed by atoms with Crippen molar-refractivity contribution >= 4 is 6.29 Å². The van der Waals surface area contributed by atoms with Gasteiger partial charge in [-0.2, -0.15) is 0 Å².